The molecule has 0 spiro atoms. The lowest BCUT2D eigenvalue weighted by Gasteiger charge is -2.36. The average molecular weight is 464 g/mol. The van der Waals surface area contributed by atoms with E-state index in [4.69, 9.17) is 21.7 Å². The van der Waals surface area contributed by atoms with E-state index in [1.54, 1.807) is 11.9 Å². The van der Waals surface area contributed by atoms with Crippen LogP contribution in [0.4, 0.5) is 33.7 Å². The zero-order chi connectivity index (χ0) is 22.9. The Bertz CT molecular complexity index is 877. The molecule has 0 radical (unpaired) electrons. The van der Waals surface area contributed by atoms with Gasteiger partial charge in [0.15, 0.2) is 6.23 Å². The van der Waals surface area contributed by atoms with E-state index < -0.39 is 30.2 Å². The van der Waals surface area contributed by atoms with Gasteiger partial charge in [0.2, 0.25) is 0 Å². The van der Waals surface area contributed by atoms with Crippen LogP contribution >= 0.6 is 12.2 Å². The van der Waals surface area contributed by atoms with Gasteiger partial charge in [0.1, 0.15) is 5.82 Å². The second kappa shape index (κ2) is 8.73. The number of hydrogen-bond donors (Lipinski definition) is 0. The van der Waals surface area contributed by atoms with Gasteiger partial charge in [-0.25, -0.2) is 9.18 Å². The minimum atomic E-state index is -4.93. The predicted molar refractivity (Wildman–Crippen MR) is 106 cm³/mol. The number of alkyl halides is 3. The zero-order valence-corrected chi connectivity index (χ0v) is 17.5. The molecule has 1 aromatic carbocycles. The Morgan fingerprint density at radius 1 is 1.26 bits per heavy atom. The van der Waals surface area contributed by atoms with Crippen LogP contribution in [0.25, 0.3) is 0 Å². The Labute approximate surface area is 180 Å². The van der Waals surface area contributed by atoms with Gasteiger partial charge in [0.25, 0.3) is 5.17 Å². The van der Waals surface area contributed by atoms with Crippen molar-refractivity contribution in [2.75, 3.05) is 56.7 Å². The molecule has 2 amide bonds. The summed E-state index contributed by atoms with van der Waals surface area (Å²) in [6.45, 7) is -0.164. The number of likely N-dealkylation sites (N-methyl/N-ethyl adjacent to an activating group) is 1. The summed E-state index contributed by atoms with van der Waals surface area (Å²) >= 11 is 5.00. The molecule has 0 N–H and O–H groups in total. The second-order valence-corrected chi connectivity index (χ2v) is 7.29. The highest BCUT2D eigenvalue weighted by Gasteiger charge is 2.43. The number of cyclic esters (lactones) is 1. The first-order valence-electron chi connectivity index (χ1n) is 9.22. The monoisotopic (exact) mass is 464 g/mol. The molecule has 2 aliphatic heterocycles. The number of ether oxygens (including phenoxy) is 2. The Morgan fingerprint density at radius 2 is 1.90 bits per heavy atom. The number of rotatable bonds is 3. The van der Waals surface area contributed by atoms with Crippen molar-refractivity contribution >= 4 is 40.8 Å². The quantitative estimate of drug-likeness (QED) is 0.502. The SMILES string of the molecule is COC(=S)N(C)[C@@H]1CN(c2ccc(N3CCN(C(=O)C(F)(F)F)CC3)c(F)c2)C(=O)O1. The fourth-order valence-electron chi connectivity index (χ4n) is 3.37. The molecule has 31 heavy (non-hydrogen) atoms. The van der Waals surface area contributed by atoms with E-state index in [0.29, 0.717) is 4.90 Å². The van der Waals surface area contributed by atoms with Crippen LogP contribution in [0.1, 0.15) is 0 Å². The lowest BCUT2D eigenvalue weighted by Crippen LogP contribution is -2.52. The summed E-state index contributed by atoms with van der Waals surface area (Å²) in [6.07, 6.45) is -6.32. The minimum Gasteiger partial charge on any atom is -0.474 e. The number of benzene rings is 1. The number of thiocarbonyl (C=S) groups is 1. The number of anilines is 2. The van der Waals surface area contributed by atoms with Gasteiger partial charge in [-0.1, -0.05) is 0 Å². The smallest absolute Gasteiger partial charge is 0.471 e. The van der Waals surface area contributed by atoms with Crippen molar-refractivity contribution in [2.24, 2.45) is 0 Å². The van der Waals surface area contributed by atoms with Crippen LogP contribution in [-0.4, -0.2) is 86.3 Å². The van der Waals surface area contributed by atoms with Gasteiger partial charge in [-0.2, -0.15) is 13.2 Å². The van der Waals surface area contributed by atoms with Crippen molar-refractivity contribution in [1.82, 2.24) is 9.80 Å². The van der Waals surface area contributed by atoms with Crippen molar-refractivity contribution in [3.63, 3.8) is 0 Å². The van der Waals surface area contributed by atoms with Gasteiger partial charge in [-0.15, -0.1) is 0 Å². The van der Waals surface area contributed by atoms with E-state index in [0.717, 1.165) is 6.07 Å². The molecule has 2 fully saturated rings. The van der Waals surface area contributed by atoms with Crippen molar-refractivity contribution in [3.05, 3.63) is 24.0 Å². The maximum atomic E-state index is 14.8. The second-order valence-electron chi connectivity index (χ2n) is 6.94. The van der Waals surface area contributed by atoms with E-state index in [1.165, 1.54) is 29.0 Å². The summed E-state index contributed by atoms with van der Waals surface area (Å²) in [4.78, 5) is 28.5. The molecular weight excluding hydrogens is 444 g/mol. The topological polar surface area (TPSA) is 65.6 Å². The van der Waals surface area contributed by atoms with Crippen LogP contribution in [0.15, 0.2) is 18.2 Å². The molecule has 1 aromatic rings. The Kier molecular flexibility index (Phi) is 6.43. The van der Waals surface area contributed by atoms with Crippen LogP contribution in [0.2, 0.25) is 0 Å². The van der Waals surface area contributed by atoms with Crippen molar-refractivity contribution < 1.29 is 36.6 Å². The Morgan fingerprint density at radius 3 is 2.45 bits per heavy atom. The van der Waals surface area contributed by atoms with Gasteiger partial charge in [-0.05, 0) is 30.4 Å². The first-order valence-corrected chi connectivity index (χ1v) is 9.63. The molecule has 0 saturated carbocycles. The molecular formula is C18H20F4N4O4S. The fourth-order valence-corrected chi connectivity index (χ4v) is 3.49. The number of amides is 2. The van der Waals surface area contributed by atoms with Crippen LogP contribution in [0.5, 0.6) is 0 Å². The minimum absolute atomic E-state index is 0.0468. The normalized spacial score (nSPS) is 19.4. The van der Waals surface area contributed by atoms with Gasteiger partial charge >= 0.3 is 18.2 Å². The number of carbonyl (C=O) groups is 2. The zero-order valence-electron chi connectivity index (χ0n) is 16.7. The predicted octanol–water partition coefficient (Wildman–Crippen LogP) is 2.18. The molecule has 0 bridgehead atoms. The van der Waals surface area contributed by atoms with Crippen LogP contribution in [0, 0.1) is 5.82 Å². The number of methoxy groups -OCH3 is 1. The molecule has 0 unspecified atom stereocenters. The van der Waals surface area contributed by atoms with E-state index in [2.05, 4.69) is 0 Å². The summed E-state index contributed by atoms with van der Waals surface area (Å²) in [7, 11) is 2.99. The molecule has 0 aromatic heterocycles. The molecule has 0 aliphatic carbocycles. The van der Waals surface area contributed by atoms with Crippen molar-refractivity contribution in [2.45, 2.75) is 12.4 Å². The third-order valence-electron chi connectivity index (χ3n) is 5.08. The largest absolute Gasteiger partial charge is 0.474 e. The number of hydrogen-bond acceptors (Lipinski definition) is 6. The van der Waals surface area contributed by atoms with Crippen LogP contribution in [-0.2, 0) is 14.3 Å². The summed E-state index contributed by atoms with van der Waals surface area (Å²) < 4.78 is 62.6. The van der Waals surface area contributed by atoms with E-state index in [1.807, 2.05) is 0 Å². The lowest BCUT2D eigenvalue weighted by atomic mass is 10.2. The van der Waals surface area contributed by atoms with Gasteiger partial charge in [0.05, 0.1) is 25.0 Å². The number of nitrogens with zero attached hydrogens (tertiary/aromatic N) is 4. The highest BCUT2D eigenvalue weighted by molar-refractivity contribution is 7.80. The molecule has 13 heteroatoms. The van der Waals surface area contributed by atoms with Crippen LogP contribution < -0.4 is 9.80 Å². The highest BCUT2D eigenvalue weighted by Crippen LogP contribution is 2.29. The molecule has 2 saturated heterocycles. The lowest BCUT2D eigenvalue weighted by molar-refractivity contribution is -0.185. The molecule has 2 heterocycles. The Balaban J connectivity index is 1.67. The molecule has 1 atom stereocenters. The van der Waals surface area contributed by atoms with Gasteiger partial charge in [0, 0.05) is 33.2 Å². The summed E-state index contributed by atoms with van der Waals surface area (Å²) in [5.41, 5.74) is 0.432. The standard InChI is InChI=1S/C18H20F4N4O4S/c1-23(17(31)29-2)14-10-26(16(28)30-14)11-3-4-13(12(19)9-11)24-5-7-25(8-6-24)15(27)18(20,21)22/h3-4,9,14H,5-8,10H2,1-2H3/t14-/m0/s1. The third kappa shape index (κ3) is 4.75. The third-order valence-corrected chi connectivity index (χ3v) is 5.54. The number of carbonyl (C=O) groups excluding carboxylic acids is 2. The molecule has 170 valence electrons. The van der Waals surface area contributed by atoms with E-state index in [9.17, 15) is 27.2 Å². The summed E-state index contributed by atoms with van der Waals surface area (Å²) in [6, 6.07) is 4.11. The fraction of sp³-hybridized carbons (Fsp3) is 0.500. The maximum Gasteiger partial charge on any atom is 0.471 e. The maximum absolute atomic E-state index is 14.8. The first-order chi connectivity index (χ1) is 14.5. The summed E-state index contributed by atoms with van der Waals surface area (Å²) in [5, 5.41) is 0.129. The summed E-state index contributed by atoms with van der Waals surface area (Å²) in [5.74, 6) is -2.55. The van der Waals surface area contributed by atoms with Crippen LogP contribution in [0.3, 0.4) is 0 Å². The van der Waals surface area contributed by atoms with Gasteiger partial charge in [-0.3, -0.25) is 14.6 Å². The Hall–Kier alpha value is -2.83. The van der Waals surface area contributed by atoms with E-state index >= 15 is 0 Å². The number of piperazine rings is 1. The number of halogens is 4. The average Bonchev–Trinajstić information content (AvgIpc) is 3.13. The molecule has 2 aliphatic rings. The first kappa shape index (κ1) is 22.8. The van der Waals surface area contributed by atoms with E-state index in [-0.39, 0.29) is 49.3 Å². The molecule has 8 nitrogen and oxygen atoms in total. The van der Waals surface area contributed by atoms with Crippen molar-refractivity contribution in [3.8, 4) is 0 Å². The molecule has 3 rings (SSSR count). The van der Waals surface area contributed by atoms with Crippen molar-refractivity contribution in [1.29, 1.82) is 0 Å². The van der Waals surface area contributed by atoms with Gasteiger partial charge < -0.3 is 19.3 Å². The highest BCUT2D eigenvalue weighted by atomic mass is 32.1.